The van der Waals surface area contributed by atoms with Gasteiger partial charge >= 0.3 is 0 Å². The Balaban J connectivity index is 1.73. The van der Waals surface area contributed by atoms with E-state index in [1.165, 1.54) is 6.33 Å². The number of rotatable bonds is 2. The van der Waals surface area contributed by atoms with Crippen molar-refractivity contribution in [3.63, 3.8) is 0 Å². The molecule has 2 aromatic heterocycles. The van der Waals surface area contributed by atoms with E-state index in [0.29, 0.717) is 5.69 Å². The van der Waals surface area contributed by atoms with Gasteiger partial charge in [-0.15, -0.1) is 0 Å². The average Bonchev–Trinajstić information content (AvgIpc) is 3.27. The third-order valence-electron chi connectivity index (χ3n) is 4.36. The molecule has 3 aromatic rings. The zero-order valence-electron chi connectivity index (χ0n) is 12.4. The summed E-state index contributed by atoms with van der Waals surface area (Å²) in [6.45, 7) is 0.756. The fourth-order valence-corrected chi connectivity index (χ4v) is 3.27. The SMILES string of the molecule is Cn1c(C2CCCN2C(=O)c2cnc[nH]2)nc2ccccc21. The van der Waals surface area contributed by atoms with E-state index in [-0.39, 0.29) is 11.9 Å². The number of aromatic nitrogens is 4. The number of fused-ring (bicyclic) bond motifs is 1. The van der Waals surface area contributed by atoms with Gasteiger partial charge in [-0.05, 0) is 25.0 Å². The van der Waals surface area contributed by atoms with Crippen LogP contribution in [-0.4, -0.2) is 36.9 Å². The fourth-order valence-electron chi connectivity index (χ4n) is 3.27. The Morgan fingerprint density at radius 3 is 3.00 bits per heavy atom. The Kier molecular flexibility index (Phi) is 2.96. The van der Waals surface area contributed by atoms with Gasteiger partial charge in [0.25, 0.3) is 5.91 Å². The minimum Gasteiger partial charge on any atom is -0.341 e. The first-order valence-electron chi connectivity index (χ1n) is 7.46. The van der Waals surface area contributed by atoms with E-state index in [0.717, 1.165) is 36.2 Å². The van der Waals surface area contributed by atoms with Crippen molar-refractivity contribution in [2.24, 2.45) is 7.05 Å². The van der Waals surface area contributed by atoms with Crippen LogP contribution in [0.5, 0.6) is 0 Å². The molecular weight excluding hydrogens is 278 g/mol. The third kappa shape index (κ3) is 1.91. The van der Waals surface area contributed by atoms with Gasteiger partial charge in [0.05, 0.1) is 29.6 Å². The molecule has 22 heavy (non-hydrogen) atoms. The molecule has 0 radical (unpaired) electrons. The second kappa shape index (κ2) is 4.98. The summed E-state index contributed by atoms with van der Waals surface area (Å²) >= 11 is 0. The van der Waals surface area contributed by atoms with Gasteiger partial charge in [0, 0.05) is 13.6 Å². The lowest BCUT2D eigenvalue weighted by Crippen LogP contribution is -2.32. The van der Waals surface area contributed by atoms with Gasteiger partial charge in [-0.3, -0.25) is 4.79 Å². The summed E-state index contributed by atoms with van der Waals surface area (Å²) in [5.74, 6) is 0.943. The molecule has 0 spiro atoms. The standard InChI is InChI=1S/C16H17N5O/c1-20-13-6-3-2-5-11(13)19-15(20)14-7-4-8-21(14)16(22)12-9-17-10-18-12/h2-3,5-6,9-10,14H,4,7-8H2,1H3,(H,17,18). The molecule has 1 amide bonds. The van der Waals surface area contributed by atoms with Gasteiger partial charge in [0.15, 0.2) is 0 Å². The molecule has 6 nitrogen and oxygen atoms in total. The first-order valence-corrected chi connectivity index (χ1v) is 7.46. The monoisotopic (exact) mass is 295 g/mol. The van der Waals surface area contributed by atoms with Crippen molar-refractivity contribution in [3.05, 3.63) is 48.3 Å². The molecular formula is C16H17N5O. The number of imidazole rings is 2. The van der Waals surface area contributed by atoms with E-state index in [2.05, 4.69) is 20.6 Å². The van der Waals surface area contributed by atoms with Crippen LogP contribution in [0.3, 0.4) is 0 Å². The molecule has 6 heteroatoms. The number of hydrogen-bond acceptors (Lipinski definition) is 3. The van der Waals surface area contributed by atoms with E-state index in [1.807, 2.05) is 30.1 Å². The molecule has 1 aliphatic rings. The van der Waals surface area contributed by atoms with Crippen LogP contribution in [-0.2, 0) is 7.05 Å². The Morgan fingerprint density at radius 2 is 2.23 bits per heavy atom. The van der Waals surface area contributed by atoms with Crippen molar-refractivity contribution >= 4 is 16.9 Å². The van der Waals surface area contributed by atoms with Gasteiger partial charge in [-0.25, -0.2) is 9.97 Å². The van der Waals surface area contributed by atoms with Gasteiger partial charge < -0.3 is 14.5 Å². The number of hydrogen-bond donors (Lipinski definition) is 1. The quantitative estimate of drug-likeness (QED) is 0.788. The number of carbonyl (C=O) groups is 1. The molecule has 0 saturated carbocycles. The molecule has 112 valence electrons. The highest BCUT2D eigenvalue weighted by Crippen LogP contribution is 2.33. The minimum atomic E-state index is -0.00736. The minimum absolute atomic E-state index is 0.00736. The Morgan fingerprint density at radius 1 is 1.36 bits per heavy atom. The molecule has 1 fully saturated rings. The molecule has 1 aromatic carbocycles. The third-order valence-corrected chi connectivity index (χ3v) is 4.36. The highest BCUT2D eigenvalue weighted by molar-refractivity contribution is 5.92. The van der Waals surface area contributed by atoms with Crippen LogP contribution in [0.1, 0.15) is 35.2 Å². The van der Waals surface area contributed by atoms with Crippen molar-refractivity contribution in [2.75, 3.05) is 6.54 Å². The van der Waals surface area contributed by atoms with Gasteiger partial charge in [-0.1, -0.05) is 12.1 Å². The van der Waals surface area contributed by atoms with Gasteiger partial charge in [0.2, 0.25) is 0 Å². The molecule has 1 unspecified atom stereocenters. The van der Waals surface area contributed by atoms with E-state index >= 15 is 0 Å². The van der Waals surface area contributed by atoms with Crippen LogP contribution in [0.2, 0.25) is 0 Å². The summed E-state index contributed by atoms with van der Waals surface area (Å²) in [5, 5.41) is 0. The van der Waals surface area contributed by atoms with Crippen LogP contribution in [0, 0.1) is 0 Å². The van der Waals surface area contributed by atoms with Crippen molar-refractivity contribution < 1.29 is 4.79 Å². The molecule has 3 heterocycles. The van der Waals surface area contributed by atoms with E-state index in [9.17, 15) is 4.79 Å². The number of para-hydroxylation sites is 2. The molecule has 1 aliphatic heterocycles. The van der Waals surface area contributed by atoms with Crippen LogP contribution in [0.4, 0.5) is 0 Å². The van der Waals surface area contributed by atoms with Crippen molar-refractivity contribution in [1.82, 2.24) is 24.4 Å². The number of H-pyrrole nitrogens is 1. The summed E-state index contributed by atoms with van der Waals surface area (Å²) in [6, 6.07) is 8.08. The summed E-state index contributed by atoms with van der Waals surface area (Å²) in [6.07, 6.45) is 5.05. The Hall–Kier alpha value is -2.63. The molecule has 1 atom stereocenters. The van der Waals surface area contributed by atoms with Crippen molar-refractivity contribution in [3.8, 4) is 0 Å². The average molecular weight is 295 g/mol. The number of amides is 1. The number of nitrogens with one attached hydrogen (secondary N) is 1. The van der Waals surface area contributed by atoms with Crippen LogP contribution in [0.25, 0.3) is 11.0 Å². The van der Waals surface area contributed by atoms with Crippen molar-refractivity contribution in [2.45, 2.75) is 18.9 Å². The van der Waals surface area contributed by atoms with E-state index < -0.39 is 0 Å². The Bertz CT molecular complexity index is 820. The maximum Gasteiger partial charge on any atom is 0.272 e. The lowest BCUT2D eigenvalue weighted by atomic mass is 10.2. The number of carbonyl (C=O) groups excluding carboxylic acids is 1. The molecule has 1 saturated heterocycles. The number of benzene rings is 1. The van der Waals surface area contributed by atoms with Crippen LogP contribution in [0.15, 0.2) is 36.8 Å². The second-order valence-corrected chi connectivity index (χ2v) is 5.64. The van der Waals surface area contributed by atoms with E-state index in [1.54, 1.807) is 6.20 Å². The fraction of sp³-hybridized carbons (Fsp3) is 0.312. The maximum absolute atomic E-state index is 12.6. The molecule has 4 rings (SSSR count). The second-order valence-electron chi connectivity index (χ2n) is 5.64. The van der Waals surface area contributed by atoms with Gasteiger partial charge in [-0.2, -0.15) is 0 Å². The molecule has 1 N–H and O–H groups in total. The van der Waals surface area contributed by atoms with Crippen LogP contribution >= 0.6 is 0 Å². The Labute approximate surface area is 127 Å². The highest BCUT2D eigenvalue weighted by Gasteiger charge is 2.34. The van der Waals surface area contributed by atoms with Crippen molar-refractivity contribution in [1.29, 1.82) is 0 Å². The predicted molar refractivity (Wildman–Crippen MR) is 82.3 cm³/mol. The molecule has 0 bridgehead atoms. The lowest BCUT2D eigenvalue weighted by Gasteiger charge is -2.23. The highest BCUT2D eigenvalue weighted by atomic mass is 16.2. The summed E-state index contributed by atoms with van der Waals surface area (Å²) in [4.78, 5) is 26.1. The molecule has 0 aliphatic carbocycles. The lowest BCUT2D eigenvalue weighted by molar-refractivity contribution is 0.0723. The maximum atomic E-state index is 12.6. The summed E-state index contributed by atoms with van der Waals surface area (Å²) in [7, 11) is 2.02. The smallest absolute Gasteiger partial charge is 0.272 e. The zero-order valence-corrected chi connectivity index (χ0v) is 12.4. The number of aromatic amines is 1. The largest absolute Gasteiger partial charge is 0.341 e. The van der Waals surface area contributed by atoms with Gasteiger partial charge in [0.1, 0.15) is 11.5 Å². The first-order chi connectivity index (χ1) is 10.8. The van der Waals surface area contributed by atoms with E-state index in [4.69, 9.17) is 4.98 Å². The number of aryl methyl sites for hydroxylation is 1. The number of nitrogens with zero attached hydrogens (tertiary/aromatic N) is 4. The summed E-state index contributed by atoms with van der Waals surface area (Å²) in [5.41, 5.74) is 2.60. The first kappa shape index (κ1) is 13.1. The zero-order chi connectivity index (χ0) is 15.1. The topological polar surface area (TPSA) is 66.8 Å². The number of likely N-dealkylation sites (tertiary alicyclic amines) is 1. The predicted octanol–water partition coefficient (Wildman–Crippen LogP) is 2.27. The normalized spacial score (nSPS) is 18.2. The van der Waals surface area contributed by atoms with Crippen LogP contribution < -0.4 is 0 Å². The summed E-state index contributed by atoms with van der Waals surface area (Å²) < 4.78 is 2.10.